The molecule has 3 N–H and O–H groups in total. The van der Waals surface area contributed by atoms with Crippen LogP contribution in [-0.4, -0.2) is 23.3 Å². The number of hydrogen-bond acceptors (Lipinski definition) is 2. The minimum absolute atomic E-state index is 0.383. The molecule has 6 heteroatoms. The number of H-pyrrole nitrogens is 1. The number of carbonyl (C=O) groups is 2. The first kappa shape index (κ1) is 17.0. The Morgan fingerprint density at radius 3 is 2.60 bits per heavy atom. The third-order valence-electron chi connectivity index (χ3n) is 3.98. The van der Waals surface area contributed by atoms with Crippen LogP contribution >= 0.6 is 11.6 Å². The molecule has 0 aliphatic heterocycles. The molecule has 0 aliphatic carbocycles. The van der Waals surface area contributed by atoms with Gasteiger partial charge in [-0.2, -0.15) is 0 Å². The van der Waals surface area contributed by atoms with E-state index in [2.05, 4.69) is 28.6 Å². The van der Waals surface area contributed by atoms with Crippen molar-refractivity contribution in [2.45, 2.75) is 13.3 Å². The Hall–Kier alpha value is -2.79. The van der Waals surface area contributed by atoms with Gasteiger partial charge >= 0.3 is 11.8 Å². The summed E-state index contributed by atoms with van der Waals surface area (Å²) in [4.78, 5) is 27.0. The average Bonchev–Trinajstić information content (AvgIpc) is 3.01. The van der Waals surface area contributed by atoms with Gasteiger partial charge in [0.1, 0.15) is 0 Å². The number of aromatic amines is 1. The lowest BCUT2D eigenvalue weighted by atomic mass is 10.1. The van der Waals surface area contributed by atoms with Gasteiger partial charge in [-0.15, -0.1) is 0 Å². The van der Waals surface area contributed by atoms with Crippen molar-refractivity contribution in [3.8, 4) is 0 Å². The van der Waals surface area contributed by atoms with Crippen molar-refractivity contribution in [1.82, 2.24) is 10.3 Å². The third kappa shape index (κ3) is 4.00. The molecule has 5 nitrogen and oxygen atoms in total. The highest BCUT2D eigenvalue weighted by Crippen LogP contribution is 2.22. The lowest BCUT2D eigenvalue weighted by molar-refractivity contribution is -0.136. The Labute approximate surface area is 150 Å². The van der Waals surface area contributed by atoms with Crippen LogP contribution in [0.1, 0.15) is 11.1 Å². The molecule has 0 spiro atoms. The van der Waals surface area contributed by atoms with Crippen LogP contribution in [0.25, 0.3) is 10.9 Å². The van der Waals surface area contributed by atoms with Gasteiger partial charge < -0.3 is 15.6 Å². The lowest BCUT2D eigenvalue weighted by Crippen LogP contribution is -2.36. The second-order valence-corrected chi connectivity index (χ2v) is 6.21. The summed E-state index contributed by atoms with van der Waals surface area (Å²) >= 11 is 5.79. The van der Waals surface area contributed by atoms with Gasteiger partial charge in [-0.05, 0) is 54.8 Å². The molecule has 0 saturated carbocycles. The number of amides is 2. The third-order valence-corrected chi connectivity index (χ3v) is 4.24. The predicted octanol–water partition coefficient (Wildman–Crippen LogP) is 3.43. The fourth-order valence-corrected chi connectivity index (χ4v) is 2.89. The maximum Gasteiger partial charge on any atom is 0.313 e. The number of aryl methyl sites for hydroxylation is 1. The van der Waals surface area contributed by atoms with Crippen molar-refractivity contribution < 1.29 is 9.59 Å². The summed E-state index contributed by atoms with van der Waals surface area (Å²) in [5.41, 5.74) is 3.89. The summed E-state index contributed by atoms with van der Waals surface area (Å²) in [6.45, 7) is 2.44. The highest BCUT2D eigenvalue weighted by Gasteiger charge is 2.13. The standard InChI is InChI=1S/C19H18ClN3O2/c1-12-3-2-4-16-17(12)13(11-22-16)9-10-21-18(24)19(25)23-15-7-5-14(20)6-8-15/h2-8,11,22H,9-10H2,1H3,(H,21,24)(H,23,25). The van der Waals surface area contributed by atoms with E-state index in [-0.39, 0.29) is 0 Å². The van der Waals surface area contributed by atoms with Crippen LogP contribution in [0, 0.1) is 6.92 Å². The van der Waals surface area contributed by atoms with Crippen LogP contribution < -0.4 is 10.6 Å². The quantitative estimate of drug-likeness (QED) is 0.627. The molecule has 25 heavy (non-hydrogen) atoms. The van der Waals surface area contributed by atoms with Gasteiger partial charge in [0.15, 0.2) is 0 Å². The van der Waals surface area contributed by atoms with Gasteiger partial charge in [0.05, 0.1) is 0 Å². The van der Waals surface area contributed by atoms with E-state index >= 15 is 0 Å². The van der Waals surface area contributed by atoms with Crippen molar-refractivity contribution in [2.75, 3.05) is 11.9 Å². The zero-order chi connectivity index (χ0) is 17.8. The first-order valence-corrected chi connectivity index (χ1v) is 8.33. The molecule has 3 aromatic rings. The number of hydrogen-bond donors (Lipinski definition) is 3. The van der Waals surface area contributed by atoms with E-state index in [1.165, 1.54) is 10.9 Å². The molecular weight excluding hydrogens is 338 g/mol. The normalized spacial score (nSPS) is 10.6. The Balaban J connectivity index is 1.55. The molecule has 0 bridgehead atoms. The molecule has 0 unspecified atom stereocenters. The average molecular weight is 356 g/mol. The minimum Gasteiger partial charge on any atom is -0.361 e. The molecule has 1 aromatic heterocycles. The number of nitrogens with one attached hydrogen (secondary N) is 3. The summed E-state index contributed by atoms with van der Waals surface area (Å²) in [7, 11) is 0. The number of aromatic nitrogens is 1. The fourth-order valence-electron chi connectivity index (χ4n) is 2.76. The van der Waals surface area contributed by atoms with Crippen molar-refractivity contribution in [3.63, 3.8) is 0 Å². The van der Waals surface area contributed by atoms with E-state index in [0.717, 1.165) is 11.1 Å². The summed E-state index contributed by atoms with van der Waals surface area (Å²) in [6, 6.07) is 12.6. The molecule has 0 radical (unpaired) electrons. The number of rotatable bonds is 4. The van der Waals surface area contributed by atoms with Gasteiger partial charge in [-0.25, -0.2) is 0 Å². The van der Waals surface area contributed by atoms with Crippen molar-refractivity contribution in [1.29, 1.82) is 0 Å². The molecule has 2 amide bonds. The van der Waals surface area contributed by atoms with E-state index in [1.54, 1.807) is 24.3 Å². The topological polar surface area (TPSA) is 74.0 Å². The van der Waals surface area contributed by atoms with Gasteiger partial charge in [0.25, 0.3) is 0 Å². The molecule has 0 saturated heterocycles. The van der Waals surface area contributed by atoms with Crippen LogP contribution in [-0.2, 0) is 16.0 Å². The Morgan fingerprint density at radius 1 is 1.08 bits per heavy atom. The molecule has 0 fully saturated rings. The Morgan fingerprint density at radius 2 is 1.84 bits per heavy atom. The van der Waals surface area contributed by atoms with Crippen molar-refractivity contribution in [3.05, 3.63) is 64.8 Å². The predicted molar refractivity (Wildman–Crippen MR) is 99.8 cm³/mol. The first-order valence-electron chi connectivity index (χ1n) is 7.95. The van der Waals surface area contributed by atoms with Crippen LogP contribution in [0.2, 0.25) is 5.02 Å². The number of benzene rings is 2. The SMILES string of the molecule is Cc1cccc2[nH]cc(CCNC(=O)C(=O)Nc3ccc(Cl)cc3)c12. The summed E-state index contributed by atoms with van der Waals surface area (Å²) in [5.74, 6) is -1.36. The van der Waals surface area contributed by atoms with Crippen LogP contribution in [0.3, 0.4) is 0 Å². The number of carbonyl (C=O) groups excluding carboxylic acids is 2. The molecule has 3 rings (SSSR count). The Kier molecular flexibility index (Phi) is 5.05. The van der Waals surface area contributed by atoms with Crippen molar-refractivity contribution >= 4 is 40.0 Å². The molecule has 2 aromatic carbocycles. The second-order valence-electron chi connectivity index (χ2n) is 5.78. The van der Waals surface area contributed by atoms with E-state index in [0.29, 0.717) is 23.7 Å². The summed E-state index contributed by atoms with van der Waals surface area (Å²) < 4.78 is 0. The van der Waals surface area contributed by atoms with Crippen LogP contribution in [0.4, 0.5) is 5.69 Å². The van der Waals surface area contributed by atoms with Gasteiger partial charge in [-0.1, -0.05) is 23.7 Å². The summed E-state index contributed by atoms with van der Waals surface area (Å²) in [6.07, 6.45) is 2.59. The monoisotopic (exact) mass is 355 g/mol. The molecule has 0 atom stereocenters. The zero-order valence-corrected chi connectivity index (χ0v) is 14.5. The zero-order valence-electron chi connectivity index (χ0n) is 13.7. The summed E-state index contributed by atoms with van der Waals surface area (Å²) in [5, 5.41) is 6.92. The smallest absolute Gasteiger partial charge is 0.313 e. The highest BCUT2D eigenvalue weighted by atomic mass is 35.5. The van der Waals surface area contributed by atoms with Gasteiger partial charge in [0, 0.05) is 34.4 Å². The Bertz CT molecular complexity index is 916. The van der Waals surface area contributed by atoms with Crippen LogP contribution in [0.5, 0.6) is 0 Å². The van der Waals surface area contributed by atoms with Gasteiger partial charge in [-0.3, -0.25) is 9.59 Å². The fraction of sp³-hybridized carbons (Fsp3) is 0.158. The molecule has 128 valence electrons. The van der Waals surface area contributed by atoms with Crippen molar-refractivity contribution in [2.24, 2.45) is 0 Å². The largest absolute Gasteiger partial charge is 0.361 e. The van der Waals surface area contributed by atoms with Gasteiger partial charge in [0.2, 0.25) is 0 Å². The van der Waals surface area contributed by atoms with E-state index in [4.69, 9.17) is 11.6 Å². The molecule has 1 heterocycles. The minimum atomic E-state index is -0.697. The maximum absolute atomic E-state index is 11.9. The number of fused-ring (bicyclic) bond motifs is 1. The van der Waals surface area contributed by atoms with Crippen LogP contribution in [0.15, 0.2) is 48.7 Å². The maximum atomic E-state index is 11.9. The second kappa shape index (κ2) is 7.40. The molecule has 0 aliphatic rings. The van der Waals surface area contributed by atoms with E-state index in [1.807, 2.05) is 18.3 Å². The molecular formula is C19H18ClN3O2. The first-order chi connectivity index (χ1) is 12.0. The highest BCUT2D eigenvalue weighted by molar-refractivity contribution is 6.39. The number of anilines is 1. The van der Waals surface area contributed by atoms with E-state index < -0.39 is 11.8 Å². The lowest BCUT2D eigenvalue weighted by Gasteiger charge is -2.07. The number of halogens is 1. The van der Waals surface area contributed by atoms with E-state index in [9.17, 15) is 9.59 Å².